The van der Waals surface area contributed by atoms with Gasteiger partial charge in [-0.1, -0.05) is 0 Å². The van der Waals surface area contributed by atoms with E-state index in [-0.39, 0.29) is 116 Å². The van der Waals surface area contributed by atoms with Crippen LogP contribution in [0.4, 0.5) is 0 Å². The molecule has 0 aromatic rings. The Bertz CT molecular complexity index is 684. The van der Waals surface area contributed by atoms with E-state index in [4.69, 9.17) is 114 Å². The van der Waals surface area contributed by atoms with Crippen molar-refractivity contribution in [2.24, 2.45) is 0 Å². The van der Waals surface area contributed by atoms with Gasteiger partial charge in [0.1, 0.15) is 0 Å². The minimum absolute atomic E-state index is 0. The molecule has 4 saturated heterocycles. The minimum Gasteiger partial charge on any atom is -0.797 e. The molecule has 4 rings (SSSR count). The van der Waals surface area contributed by atoms with Crippen LogP contribution in [-0.2, 0) is 197 Å². The molecule has 0 bridgehead atoms. The van der Waals surface area contributed by atoms with Gasteiger partial charge < -0.3 is 169 Å². The van der Waals surface area contributed by atoms with Crippen molar-refractivity contribution >= 4 is 75.8 Å². The maximum atomic E-state index is 8.31. The number of nitrogens with one attached hydrogen (secondary N) is 6. The molecule has 6 unspecified atom stereocenters. The predicted molar refractivity (Wildman–Crippen MR) is 222 cm³/mol. The smallest absolute Gasteiger partial charge is 0.797 e. The largest absolute Gasteiger partial charge is 2.00 e. The van der Waals surface area contributed by atoms with Crippen LogP contribution >= 0.6 is 0 Å². The number of rotatable bonds is 10. The van der Waals surface area contributed by atoms with Gasteiger partial charge in [-0.2, -0.15) is 0 Å². The van der Waals surface area contributed by atoms with Gasteiger partial charge in [0.2, 0.25) is 0 Å². The van der Waals surface area contributed by atoms with Crippen molar-refractivity contribution in [1.82, 2.24) is 29.4 Å². The monoisotopic (exact) mass is 1230 g/mol. The summed E-state index contributed by atoms with van der Waals surface area (Å²) in [5.74, 6) is 0. The Kier molecular flexibility index (Phi) is 74.2. The SMILES string of the molecule is CN(CCO)C([NH-])[S-].CN(CCO)C([NH-])[S-].[Cu+2].[Cu+2].[Cu+2].[Cu+].[Cu+].[Cu].[NH-]C([S-])N1CCOCC1.[NH-]C([S-])N1CCOCC1.[NH-]C([S-])N1CCOCC1.[NH-]C([S-])N1CCOCC1. The number of aliphatic hydroxyl groups is 2. The maximum absolute atomic E-state index is 8.31. The molecular weight excluding hydrogens is 1170 g/mol. The number of likely N-dealkylation sites (N-methyl/N-ethyl adjacent to an activating group) is 2. The van der Waals surface area contributed by atoms with Crippen molar-refractivity contribution in [3.63, 3.8) is 0 Å². The molecule has 4 radical (unpaired) electrons. The first-order chi connectivity index (χ1) is 24.6. The van der Waals surface area contributed by atoms with Crippen LogP contribution in [0.15, 0.2) is 0 Å². The van der Waals surface area contributed by atoms with Gasteiger partial charge >= 0.3 is 85.3 Å². The Morgan fingerprint density at radius 1 is 0.448 bits per heavy atom. The quantitative estimate of drug-likeness (QED) is 0.222. The third-order valence-corrected chi connectivity index (χ3v) is 9.13. The fourth-order valence-corrected chi connectivity index (χ4v) is 4.85. The summed E-state index contributed by atoms with van der Waals surface area (Å²) in [4.78, 5) is 10.8. The molecule has 0 aromatic heterocycles. The summed E-state index contributed by atoms with van der Waals surface area (Å²) in [7, 11) is 3.42. The van der Waals surface area contributed by atoms with Gasteiger partial charge in [0.05, 0.1) is 66.1 Å². The number of nitrogens with zero attached hydrogens (tertiary/aromatic N) is 6. The average Bonchev–Trinajstić information content (AvgIpc) is 3.14. The third-order valence-electron chi connectivity index (χ3n) is 7.22. The van der Waals surface area contributed by atoms with Gasteiger partial charge in [-0.3, -0.25) is 0 Å². The molecule has 6 atom stereocenters. The van der Waals surface area contributed by atoms with Gasteiger partial charge in [-0.25, -0.2) is 33.0 Å². The normalized spacial score (nSPS) is 20.2. The Balaban J connectivity index is -0.0000000846. The molecule has 58 heavy (non-hydrogen) atoms. The van der Waals surface area contributed by atoms with Crippen molar-refractivity contribution < 1.29 is 132 Å². The molecule has 0 aliphatic carbocycles. The Hall–Kier alpha value is 4.50. The zero-order chi connectivity index (χ0) is 39.9. The number of hydrogen-bond donors (Lipinski definition) is 2. The summed E-state index contributed by atoms with van der Waals surface area (Å²) >= 11 is 28.0. The summed E-state index contributed by atoms with van der Waals surface area (Å²) in [6, 6.07) is 0. The molecular formula is C28H60Cu6N12O6S6-4. The molecule has 374 valence electrons. The standard InChI is InChI=1S/4C5H11N2OS.2C4H11N2OS.6Cu/c4*6-5(9)7-1-3-8-4-2-7;2*1-6(2-3-7)4(5)8;;;;;;/h4*5-6,9H,1-4H2;2*4-5,7-8H,2-3H2,1H3;;;;;;/q6*-1;;2*+1;3*+2/p-6. The molecule has 4 heterocycles. The number of aliphatic hydroxyl groups excluding tert-OH is 2. The molecule has 4 aliphatic heterocycles. The van der Waals surface area contributed by atoms with Gasteiger partial charge in [0, 0.05) is 82.5 Å². The minimum atomic E-state index is -0.623. The second-order valence-corrected chi connectivity index (χ2v) is 13.8. The molecule has 8 N–H and O–H groups in total. The van der Waals surface area contributed by atoms with E-state index in [1.807, 2.05) is 19.6 Å². The molecule has 0 saturated carbocycles. The number of hydrogen-bond acceptors (Lipinski definition) is 18. The zero-order valence-electron chi connectivity index (χ0n) is 32.1. The van der Waals surface area contributed by atoms with E-state index in [2.05, 4.69) is 25.3 Å². The van der Waals surface area contributed by atoms with Crippen LogP contribution in [-0.4, -0.2) is 218 Å². The summed E-state index contributed by atoms with van der Waals surface area (Å²) in [6.45, 7) is 13.5. The van der Waals surface area contributed by atoms with E-state index in [9.17, 15) is 0 Å². The van der Waals surface area contributed by atoms with Crippen LogP contribution in [0.1, 0.15) is 0 Å². The predicted octanol–water partition coefficient (Wildman–Crippen LogP) is 0.377. The summed E-state index contributed by atoms with van der Waals surface area (Å²) in [5.41, 5.74) is 39.3. The van der Waals surface area contributed by atoms with Crippen LogP contribution in [0.2, 0.25) is 0 Å². The molecule has 4 fully saturated rings. The maximum Gasteiger partial charge on any atom is 2.00 e. The second kappa shape index (κ2) is 54.1. The van der Waals surface area contributed by atoms with Gasteiger partial charge in [-0.15, -0.1) is 0 Å². The summed E-state index contributed by atoms with van der Waals surface area (Å²) in [6.07, 6.45) is 0. The van der Waals surface area contributed by atoms with E-state index >= 15 is 0 Å². The zero-order valence-corrected chi connectivity index (χ0v) is 42.6. The Morgan fingerprint density at radius 2 is 0.603 bits per heavy atom. The van der Waals surface area contributed by atoms with Gasteiger partial charge in [-0.05, 0) is 14.1 Å². The molecule has 0 aromatic carbocycles. The molecule has 30 heteroatoms. The third kappa shape index (κ3) is 48.4. The van der Waals surface area contributed by atoms with Crippen LogP contribution < -0.4 is 0 Å². The topological polar surface area (TPSA) is 240 Å². The van der Waals surface area contributed by atoms with E-state index in [0.717, 1.165) is 105 Å². The summed E-state index contributed by atoms with van der Waals surface area (Å²) in [5, 5.41) is 16.6. The molecule has 0 spiro atoms. The van der Waals surface area contributed by atoms with Crippen LogP contribution in [0.5, 0.6) is 0 Å². The fourth-order valence-electron chi connectivity index (χ4n) is 3.80. The first kappa shape index (κ1) is 79.6. The van der Waals surface area contributed by atoms with Crippen molar-refractivity contribution in [2.45, 2.75) is 33.0 Å². The Morgan fingerprint density at radius 3 is 0.672 bits per heavy atom. The van der Waals surface area contributed by atoms with Gasteiger partial charge in [0.25, 0.3) is 0 Å². The summed E-state index contributed by atoms with van der Waals surface area (Å²) < 4.78 is 20.3. The van der Waals surface area contributed by atoms with Crippen molar-refractivity contribution in [3.05, 3.63) is 34.4 Å². The number of ether oxygens (including phenoxy) is 4. The fraction of sp³-hybridized carbons (Fsp3) is 1.00. The van der Waals surface area contributed by atoms with Crippen molar-refractivity contribution in [3.8, 4) is 0 Å². The second-order valence-electron chi connectivity index (χ2n) is 11.1. The molecule has 0 amide bonds. The first-order valence-corrected chi connectivity index (χ1v) is 19.5. The van der Waals surface area contributed by atoms with Crippen molar-refractivity contribution in [2.75, 3.05) is 146 Å². The van der Waals surface area contributed by atoms with Gasteiger partial charge in [0.15, 0.2) is 0 Å². The van der Waals surface area contributed by atoms with E-state index in [1.54, 1.807) is 23.9 Å². The van der Waals surface area contributed by atoms with Crippen LogP contribution in [0.3, 0.4) is 0 Å². The van der Waals surface area contributed by atoms with E-state index in [1.165, 1.54) is 0 Å². The van der Waals surface area contributed by atoms with Crippen LogP contribution in [0, 0.1) is 0 Å². The molecule has 18 nitrogen and oxygen atoms in total. The van der Waals surface area contributed by atoms with Crippen molar-refractivity contribution in [1.29, 1.82) is 0 Å². The number of morpholine rings is 4. The van der Waals surface area contributed by atoms with Crippen LogP contribution in [0.25, 0.3) is 34.4 Å². The van der Waals surface area contributed by atoms with E-state index in [0.29, 0.717) is 13.1 Å². The van der Waals surface area contributed by atoms with E-state index < -0.39 is 33.0 Å². The average molecular weight is 1230 g/mol. The Labute approximate surface area is 445 Å². The first-order valence-electron chi connectivity index (χ1n) is 16.7. The molecule has 4 aliphatic rings.